The number of rotatable bonds is 3. The van der Waals surface area contributed by atoms with Crippen LogP contribution in [0.25, 0.3) is 0 Å². The van der Waals surface area contributed by atoms with E-state index in [9.17, 15) is 4.39 Å². The maximum Gasteiger partial charge on any atom is 0.124 e. The van der Waals surface area contributed by atoms with Gasteiger partial charge < -0.3 is 0 Å². The lowest BCUT2D eigenvalue weighted by Gasteiger charge is -2.15. The highest BCUT2D eigenvalue weighted by molar-refractivity contribution is 8.00. The molecule has 0 saturated heterocycles. The molecule has 1 aliphatic rings. The van der Waals surface area contributed by atoms with E-state index in [4.69, 9.17) is 5.26 Å². The van der Waals surface area contributed by atoms with Crippen LogP contribution in [0.1, 0.15) is 25.7 Å². The number of hydrogen-bond donors (Lipinski definition) is 0. The van der Waals surface area contributed by atoms with Crippen LogP contribution in [0.2, 0.25) is 0 Å². The van der Waals surface area contributed by atoms with Crippen molar-refractivity contribution in [3.8, 4) is 6.07 Å². The summed E-state index contributed by atoms with van der Waals surface area (Å²) in [4.78, 5) is 0.860. The Morgan fingerprint density at radius 2 is 2.12 bits per heavy atom. The number of nitriles is 1. The molecule has 0 radical (unpaired) electrons. The van der Waals surface area contributed by atoms with Crippen LogP contribution in [-0.4, -0.2) is 5.25 Å². The number of thioether (sulfide) groups is 1. The molecular formula is C13H14FNS. The first-order chi connectivity index (χ1) is 7.79. The fraction of sp³-hybridized carbons (Fsp3) is 0.462. The first-order valence-corrected chi connectivity index (χ1v) is 6.49. The lowest BCUT2D eigenvalue weighted by molar-refractivity contribution is 0.575. The van der Waals surface area contributed by atoms with Crippen LogP contribution in [-0.2, 0) is 0 Å². The average molecular weight is 235 g/mol. The standard InChI is InChI=1S/C13H14FNS/c14-11-6-3-7-12(8-11)16-13(9-15)10-4-1-2-5-10/h3,6-8,10,13H,1-2,4-5H2. The van der Waals surface area contributed by atoms with Gasteiger partial charge in [-0.2, -0.15) is 5.26 Å². The van der Waals surface area contributed by atoms with Crippen LogP contribution < -0.4 is 0 Å². The van der Waals surface area contributed by atoms with Crippen molar-refractivity contribution in [2.24, 2.45) is 5.92 Å². The molecule has 0 bridgehead atoms. The summed E-state index contributed by atoms with van der Waals surface area (Å²) in [7, 11) is 0. The predicted molar refractivity (Wildman–Crippen MR) is 63.6 cm³/mol. The Morgan fingerprint density at radius 1 is 1.38 bits per heavy atom. The van der Waals surface area contributed by atoms with Gasteiger partial charge in [0.1, 0.15) is 5.82 Å². The fourth-order valence-electron chi connectivity index (χ4n) is 2.18. The summed E-state index contributed by atoms with van der Waals surface area (Å²) in [6, 6.07) is 8.85. The summed E-state index contributed by atoms with van der Waals surface area (Å²) in [5.74, 6) is 0.256. The van der Waals surface area contributed by atoms with E-state index in [0.717, 1.165) is 17.7 Å². The smallest absolute Gasteiger partial charge is 0.124 e. The molecule has 16 heavy (non-hydrogen) atoms. The fourth-order valence-corrected chi connectivity index (χ4v) is 3.32. The van der Waals surface area contributed by atoms with Gasteiger partial charge in [0.25, 0.3) is 0 Å². The summed E-state index contributed by atoms with van der Waals surface area (Å²) in [6.45, 7) is 0. The monoisotopic (exact) mass is 235 g/mol. The van der Waals surface area contributed by atoms with E-state index in [-0.39, 0.29) is 11.1 Å². The Kier molecular flexibility index (Phi) is 3.84. The van der Waals surface area contributed by atoms with Gasteiger partial charge in [0, 0.05) is 4.90 Å². The van der Waals surface area contributed by atoms with Crippen molar-refractivity contribution in [2.75, 3.05) is 0 Å². The van der Waals surface area contributed by atoms with Gasteiger partial charge in [0.15, 0.2) is 0 Å². The third-order valence-electron chi connectivity index (χ3n) is 3.01. The highest BCUT2D eigenvalue weighted by atomic mass is 32.2. The molecule has 0 aromatic heterocycles. The van der Waals surface area contributed by atoms with Crippen molar-refractivity contribution in [1.82, 2.24) is 0 Å². The van der Waals surface area contributed by atoms with Crippen molar-refractivity contribution < 1.29 is 4.39 Å². The van der Waals surface area contributed by atoms with E-state index in [1.807, 2.05) is 6.07 Å². The van der Waals surface area contributed by atoms with Crippen molar-refractivity contribution in [3.63, 3.8) is 0 Å². The SMILES string of the molecule is N#CC(Sc1cccc(F)c1)C1CCCC1. The van der Waals surface area contributed by atoms with Gasteiger partial charge in [0.2, 0.25) is 0 Å². The predicted octanol–water partition coefficient (Wildman–Crippen LogP) is 4.00. The Bertz CT molecular complexity index is 393. The summed E-state index contributed by atoms with van der Waals surface area (Å²) in [6.07, 6.45) is 4.74. The maximum absolute atomic E-state index is 13.0. The molecule has 84 valence electrons. The Hall–Kier alpha value is -1.01. The molecule has 0 N–H and O–H groups in total. The molecule has 0 spiro atoms. The Labute approximate surface area is 99.7 Å². The lowest BCUT2D eigenvalue weighted by Crippen LogP contribution is -2.11. The van der Waals surface area contributed by atoms with Crippen LogP contribution in [0.5, 0.6) is 0 Å². The van der Waals surface area contributed by atoms with Gasteiger partial charge >= 0.3 is 0 Å². The second kappa shape index (κ2) is 5.36. The maximum atomic E-state index is 13.0. The molecular weight excluding hydrogens is 221 g/mol. The molecule has 0 amide bonds. The van der Waals surface area contributed by atoms with E-state index >= 15 is 0 Å². The van der Waals surface area contributed by atoms with Gasteiger partial charge in [0.05, 0.1) is 11.3 Å². The van der Waals surface area contributed by atoms with Crippen LogP contribution in [0.3, 0.4) is 0 Å². The van der Waals surface area contributed by atoms with E-state index in [1.54, 1.807) is 6.07 Å². The molecule has 2 rings (SSSR count). The van der Waals surface area contributed by atoms with E-state index in [2.05, 4.69) is 6.07 Å². The molecule has 1 aliphatic carbocycles. The van der Waals surface area contributed by atoms with Crippen molar-refractivity contribution >= 4 is 11.8 Å². The van der Waals surface area contributed by atoms with Gasteiger partial charge in [-0.1, -0.05) is 18.9 Å². The van der Waals surface area contributed by atoms with Gasteiger partial charge in [-0.25, -0.2) is 4.39 Å². The summed E-state index contributed by atoms with van der Waals surface area (Å²) >= 11 is 1.50. The second-order valence-corrected chi connectivity index (χ2v) is 5.38. The van der Waals surface area contributed by atoms with Crippen molar-refractivity contribution in [1.29, 1.82) is 5.26 Å². The minimum Gasteiger partial charge on any atom is -0.207 e. The Balaban J connectivity index is 2.04. The minimum atomic E-state index is -0.229. The molecule has 1 aromatic rings. The van der Waals surface area contributed by atoms with E-state index < -0.39 is 0 Å². The Morgan fingerprint density at radius 3 is 2.75 bits per heavy atom. The van der Waals surface area contributed by atoms with Crippen LogP contribution >= 0.6 is 11.8 Å². The third kappa shape index (κ3) is 2.76. The van der Waals surface area contributed by atoms with Gasteiger partial charge in [-0.05, 0) is 37.0 Å². The van der Waals surface area contributed by atoms with E-state index in [1.165, 1.54) is 36.7 Å². The summed E-state index contributed by atoms with van der Waals surface area (Å²) in [5.41, 5.74) is 0. The van der Waals surface area contributed by atoms with E-state index in [0.29, 0.717) is 5.92 Å². The quantitative estimate of drug-likeness (QED) is 0.739. The first-order valence-electron chi connectivity index (χ1n) is 5.61. The number of benzene rings is 1. The molecule has 0 aliphatic heterocycles. The molecule has 3 heteroatoms. The minimum absolute atomic E-state index is 0.0238. The first kappa shape index (κ1) is 11.5. The molecule has 1 saturated carbocycles. The zero-order valence-electron chi connectivity index (χ0n) is 9.03. The highest BCUT2D eigenvalue weighted by Gasteiger charge is 2.25. The summed E-state index contributed by atoms with van der Waals surface area (Å²) in [5, 5.41) is 9.13. The molecule has 1 fully saturated rings. The number of hydrogen-bond acceptors (Lipinski definition) is 2. The average Bonchev–Trinajstić information content (AvgIpc) is 2.79. The number of halogens is 1. The molecule has 1 nitrogen and oxygen atoms in total. The lowest BCUT2D eigenvalue weighted by atomic mass is 10.1. The largest absolute Gasteiger partial charge is 0.207 e. The van der Waals surface area contributed by atoms with Crippen LogP contribution in [0.4, 0.5) is 4.39 Å². The molecule has 1 atom stereocenters. The molecule has 1 aromatic carbocycles. The van der Waals surface area contributed by atoms with Gasteiger partial charge in [-0.15, -0.1) is 11.8 Å². The highest BCUT2D eigenvalue weighted by Crippen LogP contribution is 2.36. The molecule has 1 unspecified atom stereocenters. The third-order valence-corrected chi connectivity index (χ3v) is 4.28. The number of nitrogens with zero attached hydrogens (tertiary/aromatic N) is 1. The topological polar surface area (TPSA) is 23.8 Å². The molecule has 0 heterocycles. The zero-order valence-corrected chi connectivity index (χ0v) is 9.84. The summed E-state index contributed by atoms with van der Waals surface area (Å²) < 4.78 is 13.0. The van der Waals surface area contributed by atoms with Crippen molar-refractivity contribution in [2.45, 2.75) is 35.8 Å². The van der Waals surface area contributed by atoms with Crippen molar-refractivity contribution in [3.05, 3.63) is 30.1 Å². The van der Waals surface area contributed by atoms with Gasteiger partial charge in [-0.3, -0.25) is 0 Å². The van der Waals surface area contributed by atoms with Crippen LogP contribution in [0, 0.1) is 23.1 Å². The normalized spacial score (nSPS) is 18.2. The second-order valence-electron chi connectivity index (χ2n) is 4.17. The van der Waals surface area contributed by atoms with Crippen LogP contribution in [0.15, 0.2) is 29.2 Å². The zero-order chi connectivity index (χ0) is 11.4.